The van der Waals surface area contributed by atoms with Crippen molar-refractivity contribution in [1.29, 1.82) is 0 Å². The van der Waals surface area contributed by atoms with Gasteiger partial charge < -0.3 is 16.0 Å². The third-order valence-corrected chi connectivity index (χ3v) is 4.25. The molecule has 2 rings (SSSR count). The summed E-state index contributed by atoms with van der Waals surface area (Å²) in [5.74, 6) is 0.0710. The predicted molar refractivity (Wildman–Crippen MR) is 86.8 cm³/mol. The van der Waals surface area contributed by atoms with E-state index in [1.165, 1.54) is 19.3 Å². The second-order valence-corrected chi connectivity index (χ2v) is 6.38. The Morgan fingerprint density at radius 2 is 2.10 bits per heavy atom. The zero-order chi connectivity index (χ0) is 14.5. The van der Waals surface area contributed by atoms with E-state index in [9.17, 15) is 4.79 Å². The Morgan fingerprint density at radius 3 is 2.75 bits per heavy atom. The van der Waals surface area contributed by atoms with Crippen molar-refractivity contribution in [1.82, 2.24) is 5.32 Å². The predicted octanol–water partition coefficient (Wildman–Crippen LogP) is 2.92. The third-order valence-electron chi connectivity index (χ3n) is 3.75. The minimum Gasteiger partial charge on any atom is -0.397 e. The number of hydrogen-bond donors (Lipinski definition) is 2. The molecule has 0 radical (unpaired) electrons. The van der Waals surface area contributed by atoms with Gasteiger partial charge in [0.15, 0.2) is 0 Å². The van der Waals surface area contributed by atoms with E-state index in [4.69, 9.17) is 5.73 Å². The SMILES string of the molecule is CN(CC(=O)NC1CCCCC1)c1ccc(Br)cc1N. The summed E-state index contributed by atoms with van der Waals surface area (Å²) in [5, 5.41) is 3.12. The largest absolute Gasteiger partial charge is 0.397 e. The van der Waals surface area contributed by atoms with Crippen LogP contribution in [-0.4, -0.2) is 25.5 Å². The monoisotopic (exact) mass is 339 g/mol. The van der Waals surface area contributed by atoms with Crippen LogP contribution in [0, 0.1) is 0 Å². The molecule has 1 aromatic carbocycles. The molecule has 4 nitrogen and oxygen atoms in total. The Balaban J connectivity index is 1.89. The van der Waals surface area contributed by atoms with Gasteiger partial charge in [0.2, 0.25) is 5.91 Å². The number of carbonyl (C=O) groups is 1. The van der Waals surface area contributed by atoms with E-state index in [1.807, 2.05) is 30.1 Å². The van der Waals surface area contributed by atoms with Crippen LogP contribution in [0.25, 0.3) is 0 Å². The Morgan fingerprint density at radius 1 is 1.40 bits per heavy atom. The molecule has 0 atom stereocenters. The van der Waals surface area contributed by atoms with E-state index < -0.39 is 0 Å². The second-order valence-electron chi connectivity index (χ2n) is 5.46. The zero-order valence-corrected chi connectivity index (χ0v) is 13.4. The van der Waals surface area contributed by atoms with Gasteiger partial charge in [-0.15, -0.1) is 0 Å². The van der Waals surface area contributed by atoms with Crippen LogP contribution in [0.3, 0.4) is 0 Å². The van der Waals surface area contributed by atoms with Gasteiger partial charge >= 0.3 is 0 Å². The van der Waals surface area contributed by atoms with Gasteiger partial charge in [-0.3, -0.25) is 4.79 Å². The number of nitrogens with one attached hydrogen (secondary N) is 1. The lowest BCUT2D eigenvalue weighted by Crippen LogP contribution is -2.42. The number of nitrogens with two attached hydrogens (primary N) is 1. The maximum atomic E-state index is 12.1. The van der Waals surface area contributed by atoms with E-state index >= 15 is 0 Å². The van der Waals surface area contributed by atoms with Crippen LogP contribution in [0.4, 0.5) is 11.4 Å². The van der Waals surface area contributed by atoms with Crippen molar-refractivity contribution < 1.29 is 4.79 Å². The number of hydrogen-bond acceptors (Lipinski definition) is 3. The van der Waals surface area contributed by atoms with Gasteiger partial charge in [-0.2, -0.15) is 0 Å². The molecule has 1 aliphatic rings. The lowest BCUT2D eigenvalue weighted by molar-refractivity contribution is -0.120. The Kier molecular flexibility index (Phi) is 5.29. The van der Waals surface area contributed by atoms with Crippen molar-refractivity contribution in [3.05, 3.63) is 22.7 Å². The number of carbonyl (C=O) groups excluding carboxylic acids is 1. The molecular weight excluding hydrogens is 318 g/mol. The quantitative estimate of drug-likeness (QED) is 0.829. The van der Waals surface area contributed by atoms with Crippen LogP contribution in [0.15, 0.2) is 22.7 Å². The van der Waals surface area contributed by atoms with Crippen molar-refractivity contribution in [2.75, 3.05) is 24.2 Å². The summed E-state index contributed by atoms with van der Waals surface area (Å²) in [5.41, 5.74) is 7.53. The van der Waals surface area contributed by atoms with Crippen LogP contribution >= 0.6 is 15.9 Å². The molecule has 1 fully saturated rings. The van der Waals surface area contributed by atoms with Gasteiger partial charge in [0.05, 0.1) is 17.9 Å². The van der Waals surface area contributed by atoms with Gasteiger partial charge in [0, 0.05) is 17.6 Å². The molecule has 110 valence electrons. The first-order chi connectivity index (χ1) is 9.56. The Bertz CT molecular complexity index is 472. The molecule has 0 aromatic heterocycles. The highest BCUT2D eigenvalue weighted by Gasteiger charge is 2.17. The first-order valence-corrected chi connectivity index (χ1v) is 7.91. The topological polar surface area (TPSA) is 58.4 Å². The molecule has 0 aliphatic heterocycles. The van der Waals surface area contributed by atoms with E-state index in [0.717, 1.165) is 23.0 Å². The number of likely N-dealkylation sites (N-methyl/N-ethyl adjacent to an activating group) is 1. The number of amides is 1. The lowest BCUT2D eigenvalue weighted by Gasteiger charge is -2.25. The summed E-state index contributed by atoms with van der Waals surface area (Å²) in [7, 11) is 1.89. The van der Waals surface area contributed by atoms with Crippen molar-refractivity contribution >= 4 is 33.2 Å². The molecule has 1 aromatic rings. The molecule has 20 heavy (non-hydrogen) atoms. The Hall–Kier alpha value is -1.23. The van der Waals surface area contributed by atoms with Crippen molar-refractivity contribution in [3.63, 3.8) is 0 Å². The van der Waals surface area contributed by atoms with E-state index in [1.54, 1.807) is 0 Å². The van der Waals surface area contributed by atoms with Gasteiger partial charge in [0.25, 0.3) is 0 Å². The number of anilines is 2. The normalized spacial score (nSPS) is 15.9. The molecule has 0 saturated heterocycles. The maximum absolute atomic E-state index is 12.1. The molecule has 1 saturated carbocycles. The summed E-state index contributed by atoms with van der Waals surface area (Å²) in [6, 6.07) is 6.06. The molecule has 0 heterocycles. The smallest absolute Gasteiger partial charge is 0.239 e. The lowest BCUT2D eigenvalue weighted by atomic mass is 9.95. The zero-order valence-electron chi connectivity index (χ0n) is 11.9. The molecule has 1 amide bonds. The second kappa shape index (κ2) is 6.97. The highest BCUT2D eigenvalue weighted by molar-refractivity contribution is 9.10. The highest BCUT2D eigenvalue weighted by atomic mass is 79.9. The Labute approximate surface area is 128 Å². The van der Waals surface area contributed by atoms with E-state index in [-0.39, 0.29) is 5.91 Å². The first kappa shape index (κ1) is 15.2. The van der Waals surface area contributed by atoms with Gasteiger partial charge in [0.1, 0.15) is 0 Å². The van der Waals surface area contributed by atoms with Gasteiger partial charge in [-0.25, -0.2) is 0 Å². The van der Waals surface area contributed by atoms with Crippen LogP contribution in [0.5, 0.6) is 0 Å². The fraction of sp³-hybridized carbons (Fsp3) is 0.533. The number of rotatable bonds is 4. The average molecular weight is 340 g/mol. The molecular formula is C15H22BrN3O. The molecule has 1 aliphatic carbocycles. The van der Waals surface area contributed by atoms with Crippen LogP contribution in [-0.2, 0) is 4.79 Å². The third kappa shape index (κ3) is 4.13. The van der Waals surface area contributed by atoms with Crippen LogP contribution in [0.1, 0.15) is 32.1 Å². The summed E-state index contributed by atoms with van der Waals surface area (Å²) in [6.07, 6.45) is 5.95. The first-order valence-electron chi connectivity index (χ1n) is 7.12. The van der Waals surface area contributed by atoms with Crippen molar-refractivity contribution in [2.45, 2.75) is 38.1 Å². The number of benzene rings is 1. The van der Waals surface area contributed by atoms with Crippen LogP contribution in [0.2, 0.25) is 0 Å². The summed E-state index contributed by atoms with van der Waals surface area (Å²) in [4.78, 5) is 14.0. The minimum atomic E-state index is 0.0710. The average Bonchev–Trinajstić information content (AvgIpc) is 2.39. The molecule has 0 unspecified atom stereocenters. The van der Waals surface area contributed by atoms with E-state index in [2.05, 4.69) is 21.2 Å². The minimum absolute atomic E-state index is 0.0710. The molecule has 3 N–H and O–H groups in total. The molecule has 5 heteroatoms. The summed E-state index contributed by atoms with van der Waals surface area (Å²) in [6.45, 7) is 0.336. The number of nitrogens with zero attached hydrogens (tertiary/aromatic N) is 1. The van der Waals surface area contributed by atoms with Crippen molar-refractivity contribution in [3.8, 4) is 0 Å². The fourth-order valence-electron chi connectivity index (χ4n) is 2.69. The molecule has 0 spiro atoms. The summed E-state index contributed by atoms with van der Waals surface area (Å²) < 4.78 is 0.943. The maximum Gasteiger partial charge on any atom is 0.239 e. The standard InChI is InChI=1S/C15H22BrN3O/c1-19(14-8-7-11(16)9-13(14)17)10-15(20)18-12-5-3-2-4-6-12/h7-9,12H,2-6,10,17H2,1H3,(H,18,20). The number of nitrogen functional groups attached to an aromatic ring is 1. The number of halogens is 1. The fourth-order valence-corrected chi connectivity index (χ4v) is 3.07. The van der Waals surface area contributed by atoms with Gasteiger partial charge in [-0.1, -0.05) is 35.2 Å². The van der Waals surface area contributed by atoms with Crippen LogP contribution < -0.4 is 16.0 Å². The van der Waals surface area contributed by atoms with Gasteiger partial charge in [-0.05, 0) is 31.0 Å². The highest BCUT2D eigenvalue weighted by Crippen LogP contribution is 2.25. The molecule has 0 bridgehead atoms. The summed E-state index contributed by atoms with van der Waals surface area (Å²) >= 11 is 3.38. The van der Waals surface area contributed by atoms with E-state index in [0.29, 0.717) is 18.3 Å². The van der Waals surface area contributed by atoms with Crippen molar-refractivity contribution in [2.24, 2.45) is 0 Å².